The van der Waals surface area contributed by atoms with Gasteiger partial charge in [-0.2, -0.15) is 24.3 Å². The number of rotatable bonds is 2. The van der Waals surface area contributed by atoms with Crippen LogP contribution in [0.1, 0.15) is 0 Å². The molecule has 0 aliphatic heterocycles. The summed E-state index contributed by atoms with van der Waals surface area (Å²) >= 11 is 1.30. The van der Waals surface area contributed by atoms with Crippen molar-refractivity contribution in [3.8, 4) is 22.3 Å². The Morgan fingerprint density at radius 2 is 0.690 bits per heavy atom. The van der Waals surface area contributed by atoms with Crippen LogP contribution in [0.5, 0.6) is 0 Å². The molecule has 3 heteroatoms. The normalized spacial score (nSPS) is 10.2. The van der Waals surface area contributed by atoms with Gasteiger partial charge in [-0.25, -0.2) is 0 Å². The second-order valence-corrected chi connectivity index (χ2v) is 9.72. The number of benzene rings is 6. The van der Waals surface area contributed by atoms with Crippen LogP contribution >= 0.6 is 0 Å². The maximum Gasteiger partial charge on any atom is -0.0114 e. The second-order valence-electron chi connectivity index (χ2n) is 9.72. The molecule has 42 heavy (non-hydrogen) atoms. The van der Waals surface area contributed by atoms with Crippen LogP contribution in [0, 0.1) is 0 Å². The molecular formula is C39H28Cl2Zr-2. The molecule has 0 fully saturated rings. The predicted octanol–water partition coefficient (Wildman–Crippen LogP) is 4.73. The Balaban J connectivity index is 0.000000174. The number of fused-ring (bicyclic) bond motifs is 4. The molecule has 0 heterocycles. The number of halogens is 2. The summed E-state index contributed by atoms with van der Waals surface area (Å²) in [5.74, 6) is 0. The largest absolute Gasteiger partial charge is 1.00 e. The molecule has 0 amide bonds. The summed E-state index contributed by atoms with van der Waals surface area (Å²) in [6.45, 7) is 0. The molecule has 0 unspecified atom stereocenters. The van der Waals surface area contributed by atoms with Gasteiger partial charge in [-0.05, 0) is 32.7 Å². The van der Waals surface area contributed by atoms with Crippen LogP contribution in [-0.2, 0) is 24.2 Å². The molecule has 0 atom stereocenters. The number of hydrogen-bond donors (Lipinski definition) is 0. The SMILES string of the molecule is [CH2]=[Zr+2].[Cl-].[Cl-].c1ccc2c(-c3cccc4[cH-]ccc34)cccc2c1.c1ccc2c(-c3cccc4[cH-]ccc34)cccc2c1. The van der Waals surface area contributed by atoms with Crippen molar-refractivity contribution in [1.82, 2.24) is 0 Å². The predicted molar refractivity (Wildman–Crippen MR) is 172 cm³/mol. The zero-order valence-corrected chi connectivity index (χ0v) is 26.9. The average molecular weight is 659 g/mol. The van der Waals surface area contributed by atoms with Crippen molar-refractivity contribution in [2.75, 3.05) is 0 Å². The van der Waals surface area contributed by atoms with Gasteiger partial charge in [0.25, 0.3) is 0 Å². The smallest absolute Gasteiger partial charge is 0.0114 e. The van der Waals surface area contributed by atoms with Gasteiger partial charge in [-0.1, -0.05) is 108 Å². The summed E-state index contributed by atoms with van der Waals surface area (Å²) < 4.78 is 3.34. The maximum atomic E-state index is 3.34. The summed E-state index contributed by atoms with van der Waals surface area (Å²) in [6.07, 6.45) is 0. The van der Waals surface area contributed by atoms with E-state index in [-0.39, 0.29) is 24.8 Å². The zero-order chi connectivity index (χ0) is 27.3. The van der Waals surface area contributed by atoms with Crippen LogP contribution < -0.4 is 24.8 Å². The van der Waals surface area contributed by atoms with Gasteiger partial charge >= 0.3 is 28.4 Å². The number of hydrogen-bond acceptors (Lipinski definition) is 0. The van der Waals surface area contributed by atoms with E-state index in [1.807, 2.05) is 0 Å². The average Bonchev–Trinajstić information content (AvgIpc) is 3.72. The molecule has 8 aromatic rings. The van der Waals surface area contributed by atoms with E-state index in [2.05, 4.69) is 162 Å². The minimum Gasteiger partial charge on any atom is -1.00 e. The third-order valence-electron chi connectivity index (χ3n) is 7.52. The van der Waals surface area contributed by atoms with E-state index < -0.39 is 0 Å². The molecule has 0 radical (unpaired) electrons. The zero-order valence-electron chi connectivity index (χ0n) is 23.0. The van der Waals surface area contributed by atoms with Gasteiger partial charge in [0.1, 0.15) is 0 Å². The standard InChI is InChI=1S/2C19H13.CH2.2ClH.Zr/c2*1-2-10-16-14(6-1)8-4-12-18(16)19-13-5-9-15-7-3-11-17(15)19;;;;/h2*1-13H;1H2;2*1H;/q2*-1;;;;+2/p-2. The Morgan fingerprint density at radius 3 is 1.12 bits per heavy atom. The Hall–Kier alpha value is -3.61. The summed E-state index contributed by atoms with van der Waals surface area (Å²) in [5, 5.41) is 10.5. The van der Waals surface area contributed by atoms with E-state index in [4.69, 9.17) is 0 Å². The van der Waals surface area contributed by atoms with Crippen LogP contribution in [0.15, 0.2) is 158 Å². The van der Waals surface area contributed by atoms with E-state index in [0.717, 1.165) is 0 Å². The van der Waals surface area contributed by atoms with Crippen molar-refractivity contribution in [1.29, 1.82) is 0 Å². The van der Waals surface area contributed by atoms with Crippen molar-refractivity contribution >= 4 is 47.3 Å². The fraction of sp³-hybridized carbons (Fsp3) is 0. The van der Waals surface area contributed by atoms with Crippen LogP contribution in [0.4, 0.5) is 0 Å². The van der Waals surface area contributed by atoms with Gasteiger partial charge in [-0.3, -0.25) is 0 Å². The van der Waals surface area contributed by atoms with E-state index in [9.17, 15) is 0 Å². The summed E-state index contributed by atoms with van der Waals surface area (Å²) in [5.41, 5.74) is 5.27. The van der Waals surface area contributed by atoms with Gasteiger partial charge in [0.15, 0.2) is 0 Å². The molecule has 0 nitrogen and oxygen atoms in total. The van der Waals surface area contributed by atoms with Gasteiger partial charge < -0.3 is 24.8 Å². The minimum atomic E-state index is 0. The molecule has 0 bridgehead atoms. The summed E-state index contributed by atoms with van der Waals surface area (Å²) in [4.78, 5) is 0. The topological polar surface area (TPSA) is 0 Å². The monoisotopic (exact) mass is 656 g/mol. The molecule has 0 aliphatic rings. The van der Waals surface area contributed by atoms with E-state index in [1.165, 1.54) is 89.6 Å². The third-order valence-corrected chi connectivity index (χ3v) is 7.52. The van der Waals surface area contributed by atoms with Crippen LogP contribution in [0.3, 0.4) is 0 Å². The van der Waals surface area contributed by atoms with Gasteiger partial charge in [-0.15, -0.1) is 57.9 Å². The molecular weight excluding hydrogens is 631 g/mol. The Kier molecular flexibility index (Phi) is 10.8. The van der Waals surface area contributed by atoms with Crippen molar-refractivity contribution in [2.45, 2.75) is 0 Å². The van der Waals surface area contributed by atoms with Gasteiger partial charge in [0, 0.05) is 0 Å². The van der Waals surface area contributed by atoms with Crippen molar-refractivity contribution in [2.24, 2.45) is 0 Å². The van der Waals surface area contributed by atoms with Crippen LogP contribution in [-0.4, -0.2) is 4.21 Å². The quantitative estimate of drug-likeness (QED) is 0.236. The molecule has 0 aliphatic carbocycles. The molecule has 8 aromatic carbocycles. The molecule has 0 saturated carbocycles. The third kappa shape index (κ3) is 6.11. The first kappa shape index (κ1) is 31.3. The molecule has 0 spiro atoms. The van der Waals surface area contributed by atoms with Crippen molar-refractivity contribution in [3.05, 3.63) is 158 Å². The molecule has 8 rings (SSSR count). The van der Waals surface area contributed by atoms with E-state index in [1.54, 1.807) is 0 Å². The van der Waals surface area contributed by atoms with Crippen molar-refractivity contribution in [3.63, 3.8) is 0 Å². The Labute approximate surface area is 274 Å². The first-order valence-corrected chi connectivity index (χ1v) is 15.2. The minimum absolute atomic E-state index is 0. The molecule has 204 valence electrons. The van der Waals surface area contributed by atoms with Gasteiger partial charge in [0.05, 0.1) is 0 Å². The molecule has 0 N–H and O–H groups in total. The van der Waals surface area contributed by atoms with E-state index >= 15 is 0 Å². The van der Waals surface area contributed by atoms with Crippen LogP contribution in [0.25, 0.3) is 65.3 Å². The fourth-order valence-corrected chi connectivity index (χ4v) is 5.72. The molecule has 0 saturated heterocycles. The Bertz CT molecular complexity index is 1900. The van der Waals surface area contributed by atoms with E-state index in [0.29, 0.717) is 0 Å². The fourth-order valence-electron chi connectivity index (χ4n) is 5.72. The maximum absolute atomic E-state index is 3.34. The second kappa shape index (κ2) is 14.5. The summed E-state index contributed by atoms with van der Waals surface area (Å²) in [6, 6.07) is 56.2. The summed E-state index contributed by atoms with van der Waals surface area (Å²) in [7, 11) is 0. The van der Waals surface area contributed by atoms with Gasteiger partial charge in [0.2, 0.25) is 0 Å². The van der Waals surface area contributed by atoms with Crippen LogP contribution in [0.2, 0.25) is 0 Å². The Morgan fingerprint density at radius 1 is 0.357 bits per heavy atom. The van der Waals surface area contributed by atoms with Crippen molar-refractivity contribution < 1.29 is 49.0 Å². The first-order chi connectivity index (χ1) is 19.9. The first-order valence-electron chi connectivity index (χ1n) is 13.5. The molecule has 0 aromatic heterocycles.